The molecule has 21 heavy (non-hydrogen) atoms. The van der Waals surface area contributed by atoms with E-state index in [4.69, 9.17) is 0 Å². The van der Waals surface area contributed by atoms with Crippen molar-refractivity contribution in [3.63, 3.8) is 0 Å². The summed E-state index contributed by atoms with van der Waals surface area (Å²) in [5.41, 5.74) is 0. The zero-order valence-electron chi connectivity index (χ0n) is 11.9. The quantitative estimate of drug-likeness (QED) is 0.801. The summed E-state index contributed by atoms with van der Waals surface area (Å²) in [7, 11) is -1.41. The van der Waals surface area contributed by atoms with E-state index in [9.17, 15) is 8.42 Å². The first-order valence-corrected chi connectivity index (χ1v) is 9.47. The van der Waals surface area contributed by atoms with Gasteiger partial charge in [-0.05, 0) is 41.6 Å². The Morgan fingerprint density at radius 2 is 1.95 bits per heavy atom. The van der Waals surface area contributed by atoms with Crippen LogP contribution in [0.2, 0.25) is 0 Å². The van der Waals surface area contributed by atoms with Gasteiger partial charge in [-0.2, -0.15) is 4.31 Å². The van der Waals surface area contributed by atoms with E-state index < -0.39 is 10.0 Å². The second-order valence-electron chi connectivity index (χ2n) is 5.70. The fourth-order valence-corrected chi connectivity index (χ4v) is 4.71. The number of aromatic nitrogens is 2. The second kappa shape index (κ2) is 5.81. The molecule has 1 aromatic heterocycles. The van der Waals surface area contributed by atoms with Crippen LogP contribution in [0.25, 0.3) is 0 Å². The Kier molecular flexibility index (Phi) is 4.20. The Balaban J connectivity index is 1.72. The number of likely N-dealkylation sites (N-methyl/N-ethyl adjacent to an activating group) is 1. The molecule has 2 aliphatic rings. The molecule has 2 fully saturated rings. The summed E-state index contributed by atoms with van der Waals surface area (Å²) in [6.45, 7) is 1.53. The van der Waals surface area contributed by atoms with Crippen LogP contribution in [0.3, 0.4) is 0 Å². The molecule has 1 saturated carbocycles. The number of anilines is 1. The molecule has 8 heteroatoms. The van der Waals surface area contributed by atoms with Gasteiger partial charge in [0.15, 0.2) is 0 Å². The Morgan fingerprint density at radius 3 is 2.57 bits per heavy atom. The Labute approximate surface area is 133 Å². The topological polar surface area (TPSA) is 66.4 Å². The predicted octanol–water partition coefficient (Wildman–Crippen LogP) is 1.63. The molecule has 0 radical (unpaired) electrons. The molecule has 6 nitrogen and oxygen atoms in total. The standard InChI is InChI=1S/C13H19BrN4O2S/c1-17(21(19,20)12-4-5-12)11-3-2-6-18(9-11)13-15-7-10(14)8-16-13/h7-8,11-12H,2-6,9H2,1H3. The van der Waals surface area contributed by atoms with Gasteiger partial charge in [0.25, 0.3) is 0 Å². The second-order valence-corrected chi connectivity index (χ2v) is 8.89. The molecule has 0 amide bonds. The average Bonchev–Trinajstić information content (AvgIpc) is 3.32. The highest BCUT2D eigenvalue weighted by molar-refractivity contribution is 9.10. The van der Waals surface area contributed by atoms with Crippen molar-refractivity contribution in [2.75, 3.05) is 25.0 Å². The number of sulfonamides is 1. The number of piperidine rings is 1. The van der Waals surface area contributed by atoms with Crippen LogP contribution < -0.4 is 4.90 Å². The molecule has 2 heterocycles. The number of hydrogen-bond acceptors (Lipinski definition) is 5. The molecule has 0 bridgehead atoms. The van der Waals surface area contributed by atoms with E-state index in [1.807, 2.05) is 0 Å². The fraction of sp³-hybridized carbons (Fsp3) is 0.692. The minimum absolute atomic E-state index is 0.0107. The van der Waals surface area contributed by atoms with Crippen LogP contribution in [0.15, 0.2) is 16.9 Å². The number of nitrogens with zero attached hydrogens (tertiary/aromatic N) is 4. The first-order chi connectivity index (χ1) is 9.98. The summed E-state index contributed by atoms with van der Waals surface area (Å²) in [5.74, 6) is 0.667. The van der Waals surface area contributed by atoms with Gasteiger partial charge in [0.05, 0.1) is 9.72 Å². The van der Waals surface area contributed by atoms with E-state index in [0.717, 1.165) is 36.7 Å². The van der Waals surface area contributed by atoms with E-state index in [2.05, 4.69) is 30.8 Å². The molecule has 116 valence electrons. The van der Waals surface area contributed by atoms with Crippen molar-refractivity contribution in [2.24, 2.45) is 0 Å². The third kappa shape index (κ3) is 3.22. The van der Waals surface area contributed by atoms with Crippen LogP contribution in [-0.4, -0.2) is 54.1 Å². The molecule has 1 aromatic rings. The van der Waals surface area contributed by atoms with Gasteiger partial charge >= 0.3 is 0 Å². The normalized spacial score (nSPS) is 23.6. The molecule has 1 saturated heterocycles. The van der Waals surface area contributed by atoms with Crippen LogP contribution in [0.1, 0.15) is 25.7 Å². The maximum Gasteiger partial charge on any atom is 0.225 e. The average molecular weight is 375 g/mol. The van der Waals surface area contributed by atoms with Crippen molar-refractivity contribution in [2.45, 2.75) is 37.0 Å². The molecule has 3 rings (SSSR count). The van der Waals surface area contributed by atoms with Crippen molar-refractivity contribution in [3.05, 3.63) is 16.9 Å². The fourth-order valence-electron chi connectivity index (χ4n) is 2.71. The lowest BCUT2D eigenvalue weighted by molar-refractivity contribution is 0.318. The van der Waals surface area contributed by atoms with Gasteiger partial charge < -0.3 is 4.90 Å². The van der Waals surface area contributed by atoms with Crippen LogP contribution in [-0.2, 0) is 10.0 Å². The van der Waals surface area contributed by atoms with Crippen LogP contribution in [0.5, 0.6) is 0 Å². The highest BCUT2D eigenvalue weighted by atomic mass is 79.9. The molecular weight excluding hydrogens is 356 g/mol. The first kappa shape index (κ1) is 15.2. The maximum atomic E-state index is 12.3. The van der Waals surface area contributed by atoms with E-state index in [1.165, 1.54) is 0 Å². The van der Waals surface area contributed by atoms with Gasteiger partial charge in [0.2, 0.25) is 16.0 Å². The largest absolute Gasteiger partial charge is 0.339 e. The van der Waals surface area contributed by atoms with E-state index >= 15 is 0 Å². The lowest BCUT2D eigenvalue weighted by atomic mass is 10.1. The van der Waals surface area contributed by atoms with Crippen molar-refractivity contribution in [1.82, 2.24) is 14.3 Å². The number of halogens is 1. The SMILES string of the molecule is CN(C1CCCN(c2ncc(Br)cn2)C1)S(=O)(=O)C1CC1. The van der Waals surface area contributed by atoms with Gasteiger partial charge in [0, 0.05) is 38.6 Å². The molecule has 1 aliphatic carbocycles. The summed E-state index contributed by atoms with van der Waals surface area (Å²) in [4.78, 5) is 10.7. The first-order valence-electron chi connectivity index (χ1n) is 7.18. The monoisotopic (exact) mass is 374 g/mol. The zero-order chi connectivity index (χ0) is 15.0. The number of hydrogen-bond donors (Lipinski definition) is 0. The molecular formula is C13H19BrN4O2S. The Bertz CT molecular complexity index is 603. The van der Waals surface area contributed by atoms with Crippen molar-refractivity contribution < 1.29 is 8.42 Å². The van der Waals surface area contributed by atoms with Gasteiger partial charge in [0.1, 0.15) is 0 Å². The summed E-state index contributed by atoms with van der Waals surface area (Å²) in [6.07, 6.45) is 6.90. The lowest BCUT2D eigenvalue weighted by Gasteiger charge is -2.37. The minimum atomic E-state index is -3.12. The highest BCUT2D eigenvalue weighted by Crippen LogP contribution is 2.32. The minimum Gasteiger partial charge on any atom is -0.339 e. The third-order valence-corrected chi connectivity index (χ3v) is 6.97. The molecule has 1 atom stereocenters. The third-order valence-electron chi connectivity index (χ3n) is 4.15. The zero-order valence-corrected chi connectivity index (χ0v) is 14.3. The Hall–Kier alpha value is -0.730. The van der Waals surface area contributed by atoms with Gasteiger partial charge in [-0.15, -0.1) is 0 Å². The molecule has 0 N–H and O–H groups in total. The predicted molar refractivity (Wildman–Crippen MR) is 84.7 cm³/mol. The summed E-state index contributed by atoms with van der Waals surface area (Å²) in [6, 6.07) is 0.0107. The van der Waals surface area contributed by atoms with Crippen LogP contribution >= 0.6 is 15.9 Å². The van der Waals surface area contributed by atoms with Crippen molar-refractivity contribution in [1.29, 1.82) is 0 Å². The van der Waals surface area contributed by atoms with E-state index in [0.29, 0.717) is 12.5 Å². The smallest absolute Gasteiger partial charge is 0.225 e. The van der Waals surface area contributed by atoms with Crippen LogP contribution in [0.4, 0.5) is 5.95 Å². The highest BCUT2D eigenvalue weighted by Gasteiger charge is 2.41. The molecule has 1 aliphatic heterocycles. The maximum absolute atomic E-state index is 12.3. The summed E-state index contributed by atoms with van der Waals surface area (Å²) < 4.78 is 27.1. The molecule has 0 aromatic carbocycles. The lowest BCUT2D eigenvalue weighted by Crippen LogP contribution is -2.49. The van der Waals surface area contributed by atoms with Gasteiger partial charge in [-0.1, -0.05) is 0 Å². The summed E-state index contributed by atoms with van der Waals surface area (Å²) in [5, 5.41) is -0.151. The molecule has 1 unspecified atom stereocenters. The van der Waals surface area contributed by atoms with Crippen LogP contribution in [0, 0.1) is 0 Å². The van der Waals surface area contributed by atoms with Crippen molar-refractivity contribution >= 4 is 31.9 Å². The van der Waals surface area contributed by atoms with E-state index in [-0.39, 0.29) is 11.3 Å². The Morgan fingerprint density at radius 1 is 1.29 bits per heavy atom. The van der Waals surface area contributed by atoms with Gasteiger partial charge in [-0.25, -0.2) is 18.4 Å². The molecule has 0 spiro atoms. The van der Waals surface area contributed by atoms with Crippen molar-refractivity contribution in [3.8, 4) is 0 Å². The summed E-state index contributed by atoms with van der Waals surface area (Å²) >= 11 is 3.32. The van der Waals surface area contributed by atoms with Gasteiger partial charge in [-0.3, -0.25) is 0 Å². The number of rotatable bonds is 4. The van der Waals surface area contributed by atoms with E-state index in [1.54, 1.807) is 23.7 Å².